The molecule has 0 amide bonds. The van der Waals surface area contributed by atoms with Crippen LogP contribution in [0.4, 0.5) is 0 Å². The number of aliphatic hydroxyl groups excluding tert-OH is 1. The maximum atomic E-state index is 11.3. The Balaban J connectivity index is 1.64. The number of nitrogens with one attached hydrogen (secondary N) is 1. The number of para-hydroxylation sites is 1. The van der Waals surface area contributed by atoms with Crippen LogP contribution in [0, 0.1) is 5.92 Å². The third kappa shape index (κ3) is 5.47. The van der Waals surface area contributed by atoms with Gasteiger partial charge in [0.25, 0.3) is 0 Å². The standard InChI is InChI=1S/C14H20ClNO4S/c15-13-3-1-2-4-14(13)20-9-12(17)8-16-7-11-5-6-21(18,19)10-11/h1-4,11-12,16-17H,5-10H2. The Labute approximate surface area is 130 Å². The van der Waals surface area contributed by atoms with E-state index < -0.39 is 15.9 Å². The zero-order chi connectivity index (χ0) is 15.3. The van der Waals surface area contributed by atoms with Gasteiger partial charge in [-0.1, -0.05) is 23.7 Å². The number of aliphatic hydroxyl groups is 1. The molecule has 0 aromatic heterocycles. The summed E-state index contributed by atoms with van der Waals surface area (Å²) in [7, 11) is -2.84. The number of hydrogen-bond donors (Lipinski definition) is 2. The Morgan fingerprint density at radius 2 is 2.19 bits per heavy atom. The van der Waals surface area contributed by atoms with Crippen molar-refractivity contribution in [3.63, 3.8) is 0 Å². The Morgan fingerprint density at radius 3 is 2.86 bits per heavy atom. The molecule has 0 spiro atoms. The SMILES string of the molecule is O=S1(=O)CCC(CNCC(O)COc2ccccc2Cl)C1. The summed E-state index contributed by atoms with van der Waals surface area (Å²) in [5.41, 5.74) is 0. The largest absolute Gasteiger partial charge is 0.489 e. The third-order valence-electron chi connectivity index (χ3n) is 3.41. The molecule has 118 valence electrons. The summed E-state index contributed by atoms with van der Waals surface area (Å²) in [6.07, 6.45) is 0.0287. The minimum atomic E-state index is -2.84. The van der Waals surface area contributed by atoms with Crippen molar-refractivity contribution >= 4 is 21.4 Å². The maximum absolute atomic E-state index is 11.3. The third-order valence-corrected chi connectivity index (χ3v) is 5.56. The first kappa shape index (κ1) is 16.5. The second-order valence-corrected chi connectivity index (χ2v) is 7.96. The van der Waals surface area contributed by atoms with Gasteiger partial charge in [-0.05, 0) is 31.0 Å². The molecule has 1 aromatic rings. The summed E-state index contributed by atoms with van der Waals surface area (Å²) in [6, 6.07) is 7.09. The molecule has 2 atom stereocenters. The van der Waals surface area contributed by atoms with E-state index >= 15 is 0 Å². The summed E-state index contributed by atoms with van der Waals surface area (Å²) in [5, 5.41) is 13.4. The van der Waals surface area contributed by atoms with Crippen LogP contribution in [0.5, 0.6) is 5.75 Å². The van der Waals surface area contributed by atoms with Crippen LogP contribution in [0.1, 0.15) is 6.42 Å². The molecular weight excluding hydrogens is 314 g/mol. The van der Waals surface area contributed by atoms with Crippen molar-refractivity contribution in [2.24, 2.45) is 5.92 Å². The van der Waals surface area contributed by atoms with Crippen molar-refractivity contribution < 1.29 is 18.3 Å². The minimum Gasteiger partial charge on any atom is -0.489 e. The number of halogens is 1. The lowest BCUT2D eigenvalue weighted by molar-refractivity contribution is 0.106. The maximum Gasteiger partial charge on any atom is 0.150 e. The molecule has 1 fully saturated rings. The molecule has 0 saturated carbocycles. The fourth-order valence-electron chi connectivity index (χ4n) is 2.29. The van der Waals surface area contributed by atoms with Crippen LogP contribution in [0.25, 0.3) is 0 Å². The predicted molar refractivity (Wildman–Crippen MR) is 82.6 cm³/mol. The Kier molecular flexibility index (Phi) is 5.87. The summed E-state index contributed by atoms with van der Waals surface area (Å²) in [5.74, 6) is 1.20. The molecule has 2 rings (SSSR count). The quantitative estimate of drug-likeness (QED) is 0.781. The molecule has 0 bridgehead atoms. The molecule has 2 N–H and O–H groups in total. The number of sulfone groups is 1. The van der Waals surface area contributed by atoms with Crippen molar-refractivity contribution in [1.82, 2.24) is 5.32 Å². The van der Waals surface area contributed by atoms with Crippen LogP contribution < -0.4 is 10.1 Å². The number of hydrogen-bond acceptors (Lipinski definition) is 5. The molecule has 5 nitrogen and oxygen atoms in total. The van der Waals surface area contributed by atoms with Crippen molar-refractivity contribution in [1.29, 1.82) is 0 Å². The van der Waals surface area contributed by atoms with E-state index in [0.717, 1.165) is 0 Å². The second-order valence-electron chi connectivity index (χ2n) is 5.32. The van der Waals surface area contributed by atoms with Gasteiger partial charge in [-0.3, -0.25) is 0 Å². The lowest BCUT2D eigenvalue weighted by Crippen LogP contribution is -2.34. The van der Waals surface area contributed by atoms with Gasteiger partial charge in [0.05, 0.1) is 16.5 Å². The molecule has 7 heteroatoms. The lowest BCUT2D eigenvalue weighted by atomic mass is 10.1. The fraction of sp³-hybridized carbons (Fsp3) is 0.571. The highest BCUT2D eigenvalue weighted by Gasteiger charge is 2.27. The monoisotopic (exact) mass is 333 g/mol. The fourth-order valence-corrected chi connectivity index (χ4v) is 4.35. The number of ether oxygens (including phenoxy) is 1. The molecule has 0 radical (unpaired) electrons. The van der Waals surface area contributed by atoms with E-state index in [1.54, 1.807) is 12.1 Å². The van der Waals surface area contributed by atoms with Gasteiger partial charge in [-0.2, -0.15) is 0 Å². The van der Waals surface area contributed by atoms with Crippen molar-refractivity contribution in [2.45, 2.75) is 12.5 Å². The van der Waals surface area contributed by atoms with Gasteiger partial charge < -0.3 is 15.2 Å². The smallest absolute Gasteiger partial charge is 0.150 e. The predicted octanol–water partition coefficient (Wildman–Crippen LogP) is 1.10. The van der Waals surface area contributed by atoms with E-state index in [1.165, 1.54) is 0 Å². The highest BCUT2D eigenvalue weighted by molar-refractivity contribution is 7.91. The Hall–Kier alpha value is -0.820. The van der Waals surface area contributed by atoms with Gasteiger partial charge in [-0.15, -0.1) is 0 Å². The van der Waals surface area contributed by atoms with Crippen molar-refractivity contribution in [3.8, 4) is 5.75 Å². The van der Waals surface area contributed by atoms with Crippen LogP contribution in [0.15, 0.2) is 24.3 Å². The van der Waals surface area contributed by atoms with Gasteiger partial charge in [0, 0.05) is 6.54 Å². The topological polar surface area (TPSA) is 75.6 Å². The first-order chi connectivity index (χ1) is 9.96. The lowest BCUT2D eigenvalue weighted by Gasteiger charge is -2.15. The molecule has 21 heavy (non-hydrogen) atoms. The molecular formula is C14H20ClNO4S. The molecule has 1 aliphatic rings. The van der Waals surface area contributed by atoms with Crippen molar-refractivity contribution in [3.05, 3.63) is 29.3 Å². The summed E-state index contributed by atoms with van der Waals surface area (Å²) in [6.45, 7) is 1.10. The zero-order valence-corrected chi connectivity index (χ0v) is 13.2. The summed E-state index contributed by atoms with van der Waals surface area (Å²) < 4.78 is 28.1. The zero-order valence-electron chi connectivity index (χ0n) is 11.7. The highest BCUT2D eigenvalue weighted by Crippen LogP contribution is 2.23. The minimum absolute atomic E-state index is 0.139. The normalized spacial score (nSPS) is 22.1. The van der Waals surface area contributed by atoms with Crippen LogP contribution in [0.2, 0.25) is 5.02 Å². The highest BCUT2D eigenvalue weighted by atomic mass is 35.5. The van der Waals surface area contributed by atoms with Gasteiger partial charge >= 0.3 is 0 Å². The van der Waals surface area contributed by atoms with Gasteiger partial charge in [0.2, 0.25) is 0 Å². The average molecular weight is 334 g/mol. The van der Waals surface area contributed by atoms with E-state index in [2.05, 4.69) is 5.32 Å². The van der Waals surface area contributed by atoms with E-state index in [-0.39, 0.29) is 24.0 Å². The van der Waals surface area contributed by atoms with Crippen LogP contribution >= 0.6 is 11.6 Å². The first-order valence-corrected chi connectivity index (χ1v) is 9.13. The molecule has 1 heterocycles. The Morgan fingerprint density at radius 1 is 1.43 bits per heavy atom. The van der Waals surface area contributed by atoms with E-state index in [1.807, 2.05) is 12.1 Å². The summed E-state index contributed by atoms with van der Waals surface area (Å²) in [4.78, 5) is 0. The molecule has 1 saturated heterocycles. The average Bonchev–Trinajstić information content (AvgIpc) is 2.77. The van der Waals surface area contributed by atoms with Gasteiger partial charge in [0.15, 0.2) is 9.84 Å². The number of benzene rings is 1. The van der Waals surface area contributed by atoms with E-state index in [0.29, 0.717) is 30.3 Å². The van der Waals surface area contributed by atoms with Crippen molar-refractivity contribution in [2.75, 3.05) is 31.2 Å². The van der Waals surface area contributed by atoms with Gasteiger partial charge in [-0.25, -0.2) is 8.42 Å². The Bertz CT molecular complexity index is 564. The van der Waals surface area contributed by atoms with Gasteiger partial charge in [0.1, 0.15) is 18.5 Å². The molecule has 1 aliphatic heterocycles. The van der Waals surface area contributed by atoms with Crippen LogP contribution in [0.3, 0.4) is 0 Å². The molecule has 0 aliphatic carbocycles. The summed E-state index contributed by atoms with van der Waals surface area (Å²) >= 11 is 5.95. The second kappa shape index (κ2) is 7.45. The first-order valence-electron chi connectivity index (χ1n) is 6.93. The molecule has 1 aromatic carbocycles. The van der Waals surface area contributed by atoms with E-state index in [4.69, 9.17) is 16.3 Å². The van der Waals surface area contributed by atoms with E-state index in [9.17, 15) is 13.5 Å². The number of rotatable bonds is 7. The molecule has 2 unspecified atom stereocenters. The van der Waals surface area contributed by atoms with Crippen LogP contribution in [-0.4, -0.2) is 50.8 Å². The van der Waals surface area contributed by atoms with Crippen LogP contribution in [-0.2, 0) is 9.84 Å².